The highest BCUT2D eigenvalue weighted by molar-refractivity contribution is 5.90. The van der Waals surface area contributed by atoms with E-state index in [-0.39, 0.29) is 5.91 Å². The zero-order valence-corrected chi connectivity index (χ0v) is 14.4. The van der Waals surface area contributed by atoms with Crippen LogP contribution in [0, 0.1) is 0 Å². The van der Waals surface area contributed by atoms with Gasteiger partial charge in [0.25, 0.3) is 0 Å². The van der Waals surface area contributed by atoms with Gasteiger partial charge in [-0.3, -0.25) is 4.79 Å². The first-order valence-corrected chi connectivity index (χ1v) is 8.45. The van der Waals surface area contributed by atoms with Crippen LogP contribution < -0.4 is 20.3 Å². The Morgan fingerprint density at radius 3 is 2.72 bits per heavy atom. The summed E-state index contributed by atoms with van der Waals surface area (Å²) in [6.45, 7) is 3.69. The minimum Gasteiger partial charge on any atom is -0.497 e. The van der Waals surface area contributed by atoms with Gasteiger partial charge in [0.1, 0.15) is 23.7 Å². The van der Waals surface area contributed by atoms with Crippen molar-refractivity contribution in [2.24, 2.45) is 0 Å². The van der Waals surface area contributed by atoms with Crippen LogP contribution in [0.1, 0.15) is 12.0 Å². The van der Waals surface area contributed by atoms with Crippen LogP contribution in [0.15, 0.2) is 36.7 Å². The number of ether oxygens (including phenoxy) is 1. The van der Waals surface area contributed by atoms with Gasteiger partial charge in [-0.25, -0.2) is 9.97 Å². The van der Waals surface area contributed by atoms with Gasteiger partial charge in [0.2, 0.25) is 5.91 Å². The largest absolute Gasteiger partial charge is 0.497 e. The van der Waals surface area contributed by atoms with Crippen molar-refractivity contribution in [1.82, 2.24) is 15.3 Å². The third kappa shape index (κ3) is 4.90. The Labute approximate surface area is 147 Å². The summed E-state index contributed by atoms with van der Waals surface area (Å²) in [7, 11) is 1.64. The first-order valence-electron chi connectivity index (χ1n) is 8.45. The number of nitrogens with zero attached hydrogens (tertiary/aromatic N) is 3. The van der Waals surface area contributed by atoms with Gasteiger partial charge in [0.15, 0.2) is 0 Å². The molecule has 1 aliphatic rings. The van der Waals surface area contributed by atoms with E-state index in [0.717, 1.165) is 43.3 Å². The van der Waals surface area contributed by atoms with Gasteiger partial charge in [0, 0.05) is 38.7 Å². The second-order valence-electron chi connectivity index (χ2n) is 5.89. The molecule has 2 aromatic rings. The Morgan fingerprint density at radius 1 is 1.24 bits per heavy atom. The minimum atomic E-state index is -0.0548. The molecule has 25 heavy (non-hydrogen) atoms. The molecule has 0 unspecified atom stereocenters. The first kappa shape index (κ1) is 17.2. The van der Waals surface area contributed by atoms with Crippen molar-refractivity contribution < 1.29 is 9.53 Å². The molecule has 1 aromatic heterocycles. The SMILES string of the molecule is COc1ccc(CCC(=O)Nc2cc(N3CCNCC3)ncn2)cc1. The Kier molecular flexibility index (Phi) is 5.79. The molecule has 0 atom stereocenters. The van der Waals surface area contributed by atoms with Crippen molar-refractivity contribution in [3.8, 4) is 5.75 Å². The fourth-order valence-electron chi connectivity index (χ4n) is 2.74. The lowest BCUT2D eigenvalue weighted by Gasteiger charge is -2.28. The van der Waals surface area contributed by atoms with E-state index < -0.39 is 0 Å². The Balaban J connectivity index is 1.53. The molecule has 132 valence electrons. The summed E-state index contributed by atoms with van der Waals surface area (Å²) >= 11 is 0. The summed E-state index contributed by atoms with van der Waals surface area (Å²) in [6, 6.07) is 9.57. The molecule has 1 saturated heterocycles. The van der Waals surface area contributed by atoms with E-state index in [1.165, 1.54) is 6.33 Å². The van der Waals surface area contributed by atoms with Crippen molar-refractivity contribution >= 4 is 17.5 Å². The first-order chi connectivity index (χ1) is 12.2. The lowest BCUT2D eigenvalue weighted by molar-refractivity contribution is -0.116. The average Bonchev–Trinajstić information content (AvgIpc) is 2.68. The summed E-state index contributed by atoms with van der Waals surface area (Å²) in [5.41, 5.74) is 1.10. The lowest BCUT2D eigenvalue weighted by atomic mass is 10.1. The van der Waals surface area contributed by atoms with E-state index in [1.807, 2.05) is 30.3 Å². The quantitative estimate of drug-likeness (QED) is 0.828. The molecule has 2 N–H and O–H groups in total. The second-order valence-corrected chi connectivity index (χ2v) is 5.89. The smallest absolute Gasteiger partial charge is 0.225 e. The maximum absolute atomic E-state index is 12.2. The highest BCUT2D eigenvalue weighted by Gasteiger charge is 2.13. The van der Waals surface area contributed by atoms with Crippen LogP contribution in [0.3, 0.4) is 0 Å². The number of amides is 1. The molecule has 7 nitrogen and oxygen atoms in total. The molecular weight excluding hydrogens is 318 g/mol. The van der Waals surface area contributed by atoms with Crippen molar-refractivity contribution in [2.75, 3.05) is 43.5 Å². The van der Waals surface area contributed by atoms with E-state index in [9.17, 15) is 4.79 Å². The van der Waals surface area contributed by atoms with E-state index in [2.05, 4.69) is 25.5 Å². The fourth-order valence-corrected chi connectivity index (χ4v) is 2.74. The molecule has 0 spiro atoms. The molecule has 7 heteroatoms. The second kappa shape index (κ2) is 8.43. The minimum absolute atomic E-state index is 0.0548. The molecule has 0 aliphatic carbocycles. The highest BCUT2D eigenvalue weighted by atomic mass is 16.5. The number of anilines is 2. The molecule has 1 aromatic carbocycles. The van der Waals surface area contributed by atoms with Gasteiger partial charge >= 0.3 is 0 Å². The van der Waals surface area contributed by atoms with Crippen LogP contribution in [0.2, 0.25) is 0 Å². The van der Waals surface area contributed by atoms with Crippen LogP contribution in [0.25, 0.3) is 0 Å². The number of rotatable bonds is 6. The normalized spacial score (nSPS) is 14.2. The summed E-state index contributed by atoms with van der Waals surface area (Å²) in [5, 5.41) is 6.17. The van der Waals surface area contributed by atoms with Gasteiger partial charge < -0.3 is 20.3 Å². The lowest BCUT2D eigenvalue weighted by Crippen LogP contribution is -2.43. The third-order valence-electron chi connectivity index (χ3n) is 4.16. The molecular formula is C18H23N5O2. The van der Waals surface area contributed by atoms with Crippen LogP contribution in [0.4, 0.5) is 11.6 Å². The molecule has 0 bridgehead atoms. The van der Waals surface area contributed by atoms with Crippen molar-refractivity contribution in [1.29, 1.82) is 0 Å². The molecule has 1 aliphatic heterocycles. The zero-order valence-electron chi connectivity index (χ0n) is 14.4. The van der Waals surface area contributed by atoms with Crippen molar-refractivity contribution in [3.05, 3.63) is 42.2 Å². The van der Waals surface area contributed by atoms with Gasteiger partial charge in [0.05, 0.1) is 7.11 Å². The summed E-state index contributed by atoms with van der Waals surface area (Å²) in [4.78, 5) is 22.8. The molecule has 1 fully saturated rings. The third-order valence-corrected chi connectivity index (χ3v) is 4.16. The van der Waals surface area contributed by atoms with Gasteiger partial charge in [-0.1, -0.05) is 12.1 Å². The maximum atomic E-state index is 12.2. The number of carbonyl (C=O) groups excluding carboxylic acids is 1. The highest BCUT2D eigenvalue weighted by Crippen LogP contribution is 2.16. The van der Waals surface area contributed by atoms with E-state index in [4.69, 9.17) is 4.74 Å². The van der Waals surface area contributed by atoms with Crippen molar-refractivity contribution in [3.63, 3.8) is 0 Å². The number of carbonyl (C=O) groups is 1. The average molecular weight is 341 g/mol. The number of nitrogens with one attached hydrogen (secondary N) is 2. The van der Waals surface area contributed by atoms with E-state index in [1.54, 1.807) is 7.11 Å². The standard InChI is InChI=1S/C18H23N5O2/c1-25-15-5-2-14(3-6-15)4-7-18(24)22-16-12-17(21-13-20-16)23-10-8-19-9-11-23/h2-3,5-6,12-13,19H,4,7-11H2,1H3,(H,20,21,22,24). The molecule has 0 saturated carbocycles. The molecule has 3 rings (SSSR count). The summed E-state index contributed by atoms with van der Waals surface area (Å²) < 4.78 is 5.13. The maximum Gasteiger partial charge on any atom is 0.225 e. The van der Waals surface area contributed by atoms with Gasteiger partial charge in [-0.2, -0.15) is 0 Å². The van der Waals surface area contributed by atoms with E-state index in [0.29, 0.717) is 18.7 Å². The van der Waals surface area contributed by atoms with Gasteiger partial charge in [-0.05, 0) is 24.1 Å². The number of hydrogen-bond acceptors (Lipinski definition) is 6. The number of methoxy groups -OCH3 is 1. The Hall–Kier alpha value is -2.67. The zero-order chi connectivity index (χ0) is 17.5. The number of hydrogen-bond donors (Lipinski definition) is 2. The monoisotopic (exact) mass is 341 g/mol. The fraction of sp³-hybridized carbons (Fsp3) is 0.389. The number of benzene rings is 1. The Bertz CT molecular complexity index is 699. The molecule has 1 amide bonds. The Morgan fingerprint density at radius 2 is 2.00 bits per heavy atom. The topological polar surface area (TPSA) is 79.4 Å². The van der Waals surface area contributed by atoms with Crippen LogP contribution in [0.5, 0.6) is 5.75 Å². The molecule has 2 heterocycles. The summed E-state index contributed by atoms with van der Waals surface area (Å²) in [5.74, 6) is 2.15. The number of aryl methyl sites for hydroxylation is 1. The predicted molar refractivity (Wildman–Crippen MR) is 97.1 cm³/mol. The predicted octanol–water partition coefficient (Wildman–Crippen LogP) is 1.47. The number of aromatic nitrogens is 2. The van der Waals surface area contributed by atoms with Crippen LogP contribution in [-0.2, 0) is 11.2 Å². The van der Waals surface area contributed by atoms with Crippen LogP contribution >= 0.6 is 0 Å². The molecule has 0 radical (unpaired) electrons. The number of piperazine rings is 1. The van der Waals surface area contributed by atoms with Crippen LogP contribution in [-0.4, -0.2) is 49.2 Å². The van der Waals surface area contributed by atoms with Gasteiger partial charge in [-0.15, -0.1) is 0 Å². The van der Waals surface area contributed by atoms with E-state index >= 15 is 0 Å². The van der Waals surface area contributed by atoms with Crippen molar-refractivity contribution in [2.45, 2.75) is 12.8 Å². The summed E-state index contributed by atoms with van der Waals surface area (Å²) in [6.07, 6.45) is 2.57.